The summed E-state index contributed by atoms with van der Waals surface area (Å²) < 4.78 is 20.2. The van der Waals surface area contributed by atoms with Gasteiger partial charge in [0, 0.05) is 0 Å². The smallest absolute Gasteiger partial charge is 0.203 e. The largest absolute Gasteiger partial charge is 0.485 e. The topological polar surface area (TPSA) is 27.7 Å². The molecule has 246 valence electrons. The van der Waals surface area contributed by atoms with Crippen LogP contribution in [-0.2, 0) is 39.1 Å². The minimum absolute atomic E-state index is 0.417. The van der Waals surface area contributed by atoms with Gasteiger partial charge in [0.1, 0.15) is 19.8 Å². The lowest BCUT2D eigenvalue weighted by Gasteiger charge is -2.19. The molecule has 0 amide bonds. The first-order valence-corrected chi connectivity index (χ1v) is 17.9. The molecule has 7 aromatic rings. The van der Waals surface area contributed by atoms with Crippen LogP contribution in [0, 0.1) is 0 Å². The average Bonchev–Trinajstić information content (AvgIpc) is 3.88. The van der Waals surface area contributed by atoms with E-state index in [0.29, 0.717) is 37.1 Å². The first kappa shape index (κ1) is 29.8. The van der Waals surface area contributed by atoms with Crippen molar-refractivity contribution < 1.29 is 14.2 Å². The lowest BCUT2D eigenvalue weighted by Crippen LogP contribution is -2.06. The Bertz CT molecular complexity index is 2350. The Balaban J connectivity index is 0.960. The second-order valence-electron chi connectivity index (χ2n) is 13.8. The summed E-state index contributed by atoms with van der Waals surface area (Å²) in [5, 5.41) is 0. The summed E-state index contributed by atoms with van der Waals surface area (Å²) >= 11 is 0. The van der Waals surface area contributed by atoms with Crippen molar-refractivity contribution in [1.29, 1.82) is 0 Å². The maximum atomic E-state index is 6.79. The highest BCUT2D eigenvalue weighted by Gasteiger charge is 2.25. The van der Waals surface area contributed by atoms with E-state index in [9.17, 15) is 0 Å². The molecule has 3 aliphatic carbocycles. The summed E-state index contributed by atoms with van der Waals surface area (Å²) in [5.74, 6) is 2.00. The first-order valence-electron chi connectivity index (χ1n) is 17.9. The Morgan fingerprint density at radius 3 is 1.06 bits per heavy atom. The molecule has 51 heavy (non-hydrogen) atoms. The Morgan fingerprint density at radius 1 is 0.314 bits per heavy atom. The molecule has 0 heterocycles. The number of ether oxygens (including phenoxy) is 3. The standard InChI is InChI=1S/C48H36O3/c1-4-17-37-31(11-1)25-43-34(14-7-20-40(37)43)28-49-46-23-10-24-47(50-29-35-15-8-21-41-38-18-5-2-12-32(38)26-44(35)41)48(46)51-30-36-16-9-22-42-39-19-6-3-13-33(39)27-45(36)42/h1-24H,25-30H2. The Labute approximate surface area is 298 Å². The fourth-order valence-electron chi connectivity index (χ4n) is 8.40. The minimum Gasteiger partial charge on any atom is -0.485 e. The van der Waals surface area contributed by atoms with Gasteiger partial charge in [-0.1, -0.05) is 133 Å². The summed E-state index contributed by atoms with van der Waals surface area (Å²) in [6, 6.07) is 51.7. The first-order chi connectivity index (χ1) is 25.3. The molecule has 0 bridgehead atoms. The zero-order chi connectivity index (χ0) is 33.7. The van der Waals surface area contributed by atoms with Crippen LogP contribution in [0.1, 0.15) is 50.1 Å². The number of hydrogen-bond donors (Lipinski definition) is 0. The number of fused-ring (bicyclic) bond motifs is 9. The highest BCUT2D eigenvalue weighted by atomic mass is 16.5. The highest BCUT2D eigenvalue weighted by Crippen LogP contribution is 2.44. The molecule has 0 aliphatic heterocycles. The molecular weight excluding hydrogens is 625 g/mol. The van der Waals surface area contributed by atoms with Gasteiger partial charge >= 0.3 is 0 Å². The van der Waals surface area contributed by atoms with Gasteiger partial charge in [-0.2, -0.15) is 0 Å². The van der Waals surface area contributed by atoms with E-state index in [1.165, 1.54) is 83.5 Å². The molecule has 0 saturated carbocycles. The Hall–Kier alpha value is -6.06. The molecule has 7 aromatic carbocycles. The van der Waals surface area contributed by atoms with E-state index < -0.39 is 0 Å². The third-order valence-corrected chi connectivity index (χ3v) is 10.9. The van der Waals surface area contributed by atoms with Crippen molar-refractivity contribution in [3.63, 3.8) is 0 Å². The van der Waals surface area contributed by atoms with Gasteiger partial charge in [0.05, 0.1) is 0 Å². The van der Waals surface area contributed by atoms with E-state index in [0.717, 1.165) is 19.3 Å². The summed E-state index contributed by atoms with van der Waals surface area (Å²) in [5.41, 5.74) is 19.5. The van der Waals surface area contributed by atoms with Gasteiger partial charge in [-0.15, -0.1) is 0 Å². The zero-order valence-electron chi connectivity index (χ0n) is 28.3. The van der Waals surface area contributed by atoms with Gasteiger partial charge in [0.25, 0.3) is 0 Å². The molecule has 3 aliphatic rings. The fraction of sp³-hybridized carbons (Fsp3) is 0.125. The van der Waals surface area contributed by atoms with Crippen molar-refractivity contribution in [3.8, 4) is 50.6 Å². The van der Waals surface area contributed by atoms with E-state index in [1.54, 1.807) is 0 Å². The van der Waals surface area contributed by atoms with Crippen molar-refractivity contribution in [2.45, 2.75) is 39.1 Å². The lowest BCUT2D eigenvalue weighted by atomic mass is 10.0. The molecule has 3 heteroatoms. The molecule has 10 rings (SSSR count). The monoisotopic (exact) mass is 660 g/mol. The van der Waals surface area contributed by atoms with Crippen LogP contribution in [0.3, 0.4) is 0 Å². The minimum atomic E-state index is 0.417. The molecule has 0 spiro atoms. The number of rotatable bonds is 9. The average molecular weight is 661 g/mol. The molecule has 0 fully saturated rings. The Kier molecular flexibility index (Phi) is 7.23. The van der Waals surface area contributed by atoms with Crippen LogP contribution >= 0.6 is 0 Å². The number of benzene rings is 7. The van der Waals surface area contributed by atoms with E-state index in [1.807, 2.05) is 18.2 Å². The van der Waals surface area contributed by atoms with Crippen molar-refractivity contribution in [1.82, 2.24) is 0 Å². The third-order valence-electron chi connectivity index (χ3n) is 10.9. The van der Waals surface area contributed by atoms with Crippen LogP contribution in [0.5, 0.6) is 17.2 Å². The van der Waals surface area contributed by atoms with Gasteiger partial charge in [-0.25, -0.2) is 0 Å². The summed E-state index contributed by atoms with van der Waals surface area (Å²) in [6.07, 6.45) is 2.75. The SMILES string of the molecule is c1ccc2c(c1)Cc1c(COc3cccc(OCc4cccc5c4Cc4ccccc4-5)c3OCc3cccc4c3Cc3ccccc3-4)cccc1-2. The van der Waals surface area contributed by atoms with E-state index >= 15 is 0 Å². The van der Waals surface area contributed by atoms with Crippen molar-refractivity contribution in [3.05, 3.63) is 196 Å². The molecule has 0 N–H and O–H groups in total. The van der Waals surface area contributed by atoms with Gasteiger partial charge in [-0.3, -0.25) is 0 Å². The van der Waals surface area contributed by atoms with Crippen LogP contribution in [0.15, 0.2) is 146 Å². The number of hydrogen-bond acceptors (Lipinski definition) is 3. The van der Waals surface area contributed by atoms with Crippen molar-refractivity contribution in [2.75, 3.05) is 0 Å². The molecule has 0 saturated heterocycles. The van der Waals surface area contributed by atoms with Crippen LogP contribution in [-0.4, -0.2) is 0 Å². The molecule has 3 nitrogen and oxygen atoms in total. The van der Waals surface area contributed by atoms with Crippen molar-refractivity contribution >= 4 is 0 Å². The normalized spacial score (nSPS) is 12.7. The molecule has 0 unspecified atom stereocenters. The van der Waals surface area contributed by atoms with Crippen LogP contribution in [0.4, 0.5) is 0 Å². The molecule has 0 atom stereocenters. The van der Waals surface area contributed by atoms with E-state index in [-0.39, 0.29) is 0 Å². The summed E-state index contributed by atoms with van der Waals surface area (Å²) in [6.45, 7) is 1.30. The second-order valence-corrected chi connectivity index (χ2v) is 13.8. The van der Waals surface area contributed by atoms with Crippen LogP contribution < -0.4 is 14.2 Å². The maximum absolute atomic E-state index is 6.79. The molecular formula is C48H36O3. The predicted octanol–water partition coefficient (Wildman–Crippen LogP) is 11.1. The van der Waals surface area contributed by atoms with E-state index in [2.05, 4.69) is 127 Å². The van der Waals surface area contributed by atoms with Gasteiger partial charge < -0.3 is 14.2 Å². The molecule has 0 radical (unpaired) electrons. The highest BCUT2D eigenvalue weighted by molar-refractivity contribution is 5.79. The van der Waals surface area contributed by atoms with Gasteiger partial charge in [0.15, 0.2) is 11.5 Å². The van der Waals surface area contributed by atoms with Crippen LogP contribution in [0.25, 0.3) is 33.4 Å². The quantitative estimate of drug-likeness (QED) is 0.154. The molecule has 0 aromatic heterocycles. The van der Waals surface area contributed by atoms with Crippen LogP contribution in [0.2, 0.25) is 0 Å². The van der Waals surface area contributed by atoms with Crippen molar-refractivity contribution in [2.24, 2.45) is 0 Å². The lowest BCUT2D eigenvalue weighted by molar-refractivity contribution is 0.229. The fourth-order valence-corrected chi connectivity index (χ4v) is 8.40. The zero-order valence-corrected chi connectivity index (χ0v) is 28.3. The van der Waals surface area contributed by atoms with E-state index in [4.69, 9.17) is 14.2 Å². The second kappa shape index (κ2) is 12.4. The summed E-state index contributed by atoms with van der Waals surface area (Å²) in [4.78, 5) is 0. The van der Waals surface area contributed by atoms with Gasteiger partial charge in [-0.05, 0) is 115 Å². The summed E-state index contributed by atoms with van der Waals surface area (Å²) in [7, 11) is 0. The Morgan fingerprint density at radius 2 is 0.647 bits per heavy atom. The van der Waals surface area contributed by atoms with Gasteiger partial charge in [0.2, 0.25) is 5.75 Å². The predicted molar refractivity (Wildman–Crippen MR) is 203 cm³/mol. The third kappa shape index (κ3) is 5.20. The maximum Gasteiger partial charge on any atom is 0.203 e. The number of para-hydroxylation sites is 1.